The summed E-state index contributed by atoms with van der Waals surface area (Å²) in [6.45, 7) is 9.49. The van der Waals surface area contributed by atoms with Crippen LogP contribution < -0.4 is 5.32 Å². The van der Waals surface area contributed by atoms with Gasteiger partial charge in [-0.1, -0.05) is 43.3 Å². The van der Waals surface area contributed by atoms with E-state index in [2.05, 4.69) is 32.7 Å². The van der Waals surface area contributed by atoms with Crippen LogP contribution in [0.1, 0.15) is 93.5 Å². The van der Waals surface area contributed by atoms with Gasteiger partial charge in [0.2, 0.25) is 11.8 Å². The lowest BCUT2D eigenvalue weighted by Crippen LogP contribution is -2.48. The molecule has 1 aliphatic carbocycles. The maximum Gasteiger partial charge on any atom is 0.248 e. The molecule has 2 amide bonds. The first-order chi connectivity index (χ1) is 19.0. The lowest BCUT2D eigenvalue weighted by Gasteiger charge is -2.29. The Bertz CT molecular complexity index is 1300. The number of hydrogen-bond donors (Lipinski definition) is 1. The number of aryl methyl sites for hydroxylation is 1. The van der Waals surface area contributed by atoms with Crippen molar-refractivity contribution in [3.05, 3.63) is 52.4 Å². The first-order valence-electron chi connectivity index (χ1n) is 14.1. The summed E-state index contributed by atoms with van der Waals surface area (Å²) in [6.07, 6.45) is 4.23. The summed E-state index contributed by atoms with van der Waals surface area (Å²) in [5.41, 5.74) is 6.92. The smallest absolute Gasteiger partial charge is 0.248 e. The molecule has 10 heteroatoms. The molecule has 3 atom stereocenters. The largest absolute Gasteiger partial charge is 0.375 e. The first kappa shape index (κ1) is 27.5. The van der Waals surface area contributed by atoms with Crippen molar-refractivity contribution in [1.29, 1.82) is 0 Å². The van der Waals surface area contributed by atoms with Gasteiger partial charge >= 0.3 is 0 Å². The topological polar surface area (TPSA) is 102 Å². The van der Waals surface area contributed by atoms with Crippen molar-refractivity contribution in [3.8, 4) is 10.4 Å². The van der Waals surface area contributed by atoms with Crippen LogP contribution in [0.2, 0.25) is 0 Å². The van der Waals surface area contributed by atoms with Crippen molar-refractivity contribution in [2.45, 2.75) is 90.4 Å². The molecular formula is C29H38N6O3S. The van der Waals surface area contributed by atoms with Gasteiger partial charge < -0.3 is 15.0 Å². The van der Waals surface area contributed by atoms with Crippen molar-refractivity contribution >= 4 is 23.2 Å². The summed E-state index contributed by atoms with van der Waals surface area (Å²) in [6, 6.07) is 7.11. The molecule has 1 saturated carbocycles. The van der Waals surface area contributed by atoms with Gasteiger partial charge in [-0.3, -0.25) is 9.59 Å². The average Bonchev–Trinajstić information content (AvgIpc) is 3.37. The van der Waals surface area contributed by atoms with Crippen LogP contribution in [0.5, 0.6) is 0 Å². The van der Waals surface area contributed by atoms with Gasteiger partial charge in [0.05, 0.1) is 40.1 Å². The number of amides is 2. The Hall–Kier alpha value is -3.11. The number of rotatable bonds is 6. The third-order valence-electron chi connectivity index (χ3n) is 7.76. The molecule has 4 heterocycles. The van der Waals surface area contributed by atoms with Crippen LogP contribution in [-0.4, -0.2) is 55.9 Å². The van der Waals surface area contributed by atoms with Gasteiger partial charge in [0.15, 0.2) is 0 Å². The van der Waals surface area contributed by atoms with Crippen molar-refractivity contribution in [2.24, 2.45) is 0 Å². The maximum atomic E-state index is 13.8. The van der Waals surface area contributed by atoms with Gasteiger partial charge in [-0.05, 0) is 50.7 Å². The van der Waals surface area contributed by atoms with Crippen LogP contribution in [0.15, 0.2) is 29.8 Å². The molecule has 39 heavy (non-hydrogen) atoms. The molecule has 9 nitrogen and oxygen atoms in total. The standard InChI is InChI=1S/C27H32N6O3S.C2H6/c1-16(18-5-9-20(10-6-18)25-17(2)28-15-37-25)29-26(34)21-4-3-12-32(21)27(35)22-11-13-36-14-23-24(19-7-8-19)30-31-33(22)23;1-2/h5-6,9-10,15-16,19,21-22H,3-4,7-8,11-14H2,1-2H3,(H,29,34);1-2H3. The van der Waals surface area contributed by atoms with Gasteiger partial charge in [0, 0.05) is 25.5 Å². The van der Waals surface area contributed by atoms with Gasteiger partial charge in [0.25, 0.3) is 0 Å². The molecule has 3 unspecified atom stereocenters. The molecule has 2 fully saturated rings. The van der Waals surface area contributed by atoms with E-state index in [0.29, 0.717) is 38.5 Å². The summed E-state index contributed by atoms with van der Waals surface area (Å²) >= 11 is 1.63. The second kappa shape index (κ2) is 12.0. The number of nitrogens with zero attached hydrogens (tertiary/aromatic N) is 5. The zero-order valence-corrected chi connectivity index (χ0v) is 24.0. The van der Waals surface area contributed by atoms with E-state index in [9.17, 15) is 9.59 Å². The predicted octanol–water partition coefficient (Wildman–Crippen LogP) is 4.94. The molecule has 6 rings (SSSR count). The third-order valence-corrected chi connectivity index (χ3v) is 8.73. The molecule has 1 saturated heterocycles. The quantitative estimate of drug-likeness (QED) is 0.466. The Morgan fingerprint density at radius 1 is 1.10 bits per heavy atom. The zero-order chi connectivity index (χ0) is 27.5. The number of ether oxygens (including phenoxy) is 1. The number of carbonyl (C=O) groups is 2. The molecule has 1 N–H and O–H groups in total. The van der Waals surface area contributed by atoms with E-state index in [-0.39, 0.29) is 17.9 Å². The molecule has 1 aromatic carbocycles. The van der Waals surface area contributed by atoms with Gasteiger partial charge in [-0.15, -0.1) is 16.4 Å². The molecule has 3 aliphatic rings. The van der Waals surface area contributed by atoms with Gasteiger partial charge in [0.1, 0.15) is 12.1 Å². The van der Waals surface area contributed by atoms with Crippen LogP contribution in [0.4, 0.5) is 0 Å². The Morgan fingerprint density at radius 2 is 1.87 bits per heavy atom. The predicted molar refractivity (Wildman–Crippen MR) is 150 cm³/mol. The Labute approximate surface area is 234 Å². The summed E-state index contributed by atoms with van der Waals surface area (Å²) < 4.78 is 7.57. The number of thiazole rings is 1. The van der Waals surface area contributed by atoms with Crippen LogP contribution in [0.3, 0.4) is 0 Å². The SMILES string of the molecule is CC.Cc1ncsc1-c1ccc(C(C)NC(=O)C2CCCN2C(=O)C2CCOCc3c(C4CC4)nnn32)cc1. The van der Waals surface area contributed by atoms with E-state index in [1.807, 2.05) is 45.3 Å². The number of fused-ring (bicyclic) bond motifs is 1. The lowest BCUT2D eigenvalue weighted by atomic mass is 10.0. The van der Waals surface area contributed by atoms with Crippen molar-refractivity contribution in [1.82, 2.24) is 30.2 Å². The number of carbonyl (C=O) groups excluding carboxylic acids is 2. The Kier molecular flexibility index (Phi) is 8.42. The van der Waals surface area contributed by atoms with Crippen molar-refractivity contribution in [3.63, 3.8) is 0 Å². The summed E-state index contributed by atoms with van der Waals surface area (Å²) in [4.78, 5) is 34.4. The second-order valence-electron chi connectivity index (χ2n) is 10.3. The molecule has 2 aliphatic heterocycles. The molecule has 2 aromatic heterocycles. The summed E-state index contributed by atoms with van der Waals surface area (Å²) in [5.74, 6) is 0.268. The number of nitrogens with one attached hydrogen (secondary N) is 1. The number of benzene rings is 1. The molecule has 3 aromatic rings. The highest BCUT2D eigenvalue weighted by Gasteiger charge is 2.41. The second-order valence-corrected chi connectivity index (χ2v) is 11.2. The fraction of sp³-hybridized carbons (Fsp3) is 0.552. The van der Waals surface area contributed by atoms with Crippen molar-refractivity contribution in [2.75, 3.05) is 13.2 Å². The van der Waals surface area contributed by atoms with Crippen LogP contribution in [-0.2, 0) is 20.9 Å². The lowest BCUT2D eigenvalue weighted by molar-refractivity contribution is -0.141. The van der Waals surface area contributed by atoms with Crippen molar-refractivity contribution < 1.29 is 14.3 Å². The highest BCUT2D eigenvalue weighted by atomic mass is 32.1. The van der Waals surface area contributed by atoms with Crippen LogP contribution in [0, 0.1) is 6.92 Å². The Morgan fingerprint density at radius 3 is 2.56 bits per heavy atom. The molecule has 208 valence electrons. The van der Waals surface area contributed by atoms with E-state index >= 15 is 0 Å². The average molecular weight is 551 g/mol. The number of aromatic nitrogens is 4. The zero-order valence-electron chi connectivity index (χ0n) is 23.2. The van der Waals surface area contributed by atoms with E-state index in [0.717, 1.165) is 52.3 Å². The minimum Gasteiger partial charge on any atom is -0.375 e. The highest BCUT2D eigenvalue weighted by molar-refractivity contribution is 7.13. The maximum absolute atomic E-state index is 13.8. The van der Waals surface area contributed by atoms with Crippen LogP contribution >= 0.6 is 11.3 Å². The normalized spacial score (nSPS) is 21.4. The number of hydrogen-bond acceptors (Lipinski definition) is 7. The monoisotopic (exact) mass is 550 g/mol. The van der Waals surface area contributed by atoms with E-state index in [1.165, 1.54) is 0 Å². The summed E-state index contributed by atoms with van der Waals surface area (Å²) in [5, 5.41) is 11.9. The van der Waals surface area contributed by atoms with Crippen LogP contribution in [0.25, 0.3) is 10.4 Å². The van der Waals surface area contributed by atoms with Gasteiger partial charge in [-0.25, -0.2) is 9.67 Å². The van der Waals surface area contributed by atoms with Gasteiger partial charge in [-0.2, -0.15) is 0 Å². The fourth-order valence-electron chi connectivity index (χ4n) is 5.49. The molecule has 0 radical (unpaired) electrons. The van der Waals surface area contributed by atoms with E-state index < -0.39 is 12.1 Å². The molecule has 0 spiro atoms. The minimum absolute atomic E-state index is 0.0615. The van der Waals surface area contributed by atoms with E-state index in [1.54, 1.807) is 20.9 Å². The first-order valence-corrected chi connectivity index (χ1v) is 15.0. The Balaban J connectivity index is 0.00000151. The fourth-order valence-corrected chi connectivity index (χ4v) is 6.31. The molecule has 0 bridgehead atoms. The molecular weight excluding hydrogens is 512 g/mol. The summed E-state index contributed by atoms with van der Waals surface area (Å²) in [7, 11) is 0. The number of likely N-dealkylation sites (tertiary alicyclic amines) is 1. The minimum atomic E-state index is -0.480. The van der Waals surface area contributed by atoms with E-state index in [4.69, 9.17) is 4.74 Å². The highest BCUT2D eigenvalue weighted by Crippen LogP contribution is 2.41. The third kappa shape index (κ3) is 5.63.